The zero-order chi connectivity index (χ0) is 17.6. The van der Waals surface area contributed by atoms with Crippen LogP contribution in [0.5, 0.6) is 0 Å². The number of hydrogen-bond acceptors (Lipinski definition) is 6. The van der Waals surface area contributed by atoms with E-state index in [0.717, 1.165) is 43.3 Å². The van der Waals surface area contributed by atoms with Crippen molar-refractivity contribution in [3.63, 3.8) is 0 Å². The van der Waals surface area contributed by atoms with Crippen LogP contribution in [-0.2, 0) is 9.53 Å². The van der Waals surface area contributed by atoms with Crippen molar-refractivity contribution < 1.29 is 13.9 Å². The number of nitrogens with one attached hydrogen (secondary N) is 1. The highest BCUT2D eigenvalue weighted by Crippen LogP contribution is 2.23. The molecule has 134 valence electrons. The van der Waals surface area contributed by atoms with Gasteiger partial charge in [-0.25, -0.2) is 4.98 Å². The monoisotopic (exact) mass is 344 g/mol. The number of aromatic nitrogens is 2. The fraction of sp³-hybridized carbons (Fsp3) is 0.500. The molecule has 0 saturated carbocycles. The van der Waals surface area contributed by atoms with Gasteiger partial charge in [-0.05, 0) is 31.9 Å². The molecular weight excluding hydrogens is 320 g/mol. The van der Waals surface area contributed by atoms with E-state index in [0.29, 0.717) is 6.61 Å². The van der Waals surface area contributed by atoms with Gasteiger partial charge in [-0.3, -0.25) is 9.78 Å². The lowest BCUT2D eigenvalue weighted by Crippen LogP contribution is -2.42. The van der Waals surface area contributed by atoms with Gasteiger partial charge >= 0.3 is 0 Å². The molecule has 3 heterocycles. The van der Waals surface area contributed by atoms with Gasteiger partial charge in [0, 0.05) is 38.5 Å². The molecule has 2 aromatic heterocycles. The van der Waals surface area contributed by atoms with Crippen molar-refractivity contribution in [2.45, 2.75) is 25.8 Å². The van der Waals surface area contributed by atoms with Crippen molar-refractivity contribution in [2.75, 3.05) is 31.7 Å². The van der Waals surface area contributed by atoms with Crippen LogP contribution < -0.4 is 10.2 Å². The van der Waals surface area contributed by atoms with E-state index in [2.05, 4.69) is 20.2 Å². The van der Waals surface area contributed by atoms with Gasteiger partial charge in [0.15, 0.2) is 0 Å². The molecule has 1 aliphatic rings. The molecule has 7 nitrogen and oxygen atoms in total. The lowest BCUT2D eigenvalue weighted by molar-refractivity contribution is -0.127. The molecule has 1 atom stereocenters. The van der Waals surface area contributed by atoms with Gasteiger partial charge < -0.3 is 19.4 Å². The van der Waals surface area contributed by atoms with E-state index in [1.807, 2.05) is 19.1 Å². The third-order valence-corrected chi connectivity index (χ3v) is 4.49. The predicted molar refractivity (Wildman–Crippen MR) is 93.2 cm³/mol. The molecule has 1 N–H and O–H groups in total. The second-order valence-corrected chi connectivity index (χ2v) is 6.29. The first kappa shape index (κ1) is 17.4. The standard InChI is InChI=1S/C18H24N4O3/c1-13-3-4-16(25-13)15(12-24-2)21-18(23)14-5-9-22(10-6-14)17-11-19-7-8-20-17/h3-4,7-8,11,14-15H,5-6,9-10,12H2,1-2H3,(H,21,23). The average Bonchev–Trinajstić information content (AvgIpc) is 3.08. The Morgan fingerprint density at radius 1 is 1.40 bits per heavy atom. The molecular formula is C18H24N4O3. The Morgan fingerprint density at radius 2 is 2.20 bits per heavy atom. The lowest BCUT2D eigenvalue weighted by Gasteiger charge is -2.32. The van der Waals surface area contributed by atoms with E-state index < -0.39 is 0 Å². The molecule has 0 bridgehead atoms. The lowest BCUT2D eigenvalue weighted by atomic mass is 9.95. The van der Waals surface area contributed by atoms with Gasteiger partial charge in [-0.1, -0.05) is 0 Å². The number of piperidine rings is 1. The number of ether oxygens (including phenoxy) is 1. The summed E-state index contributed by atoms with van der Waals surface area (Å²) in [5, 5.41) is 3.07. The first-order valence-corrected chi connectivity index (χ1v) is 8.54. The molecule has 0 aromatic carbocycles. The Labute approximate surface area is 147 Å². The molecule has 0 spiro atoms. The summed E-state index contributed by atoms with van der Waals surface area (Å²) in [6, 6.07) is 3.52. The Bertz CT molecular complexity index is 681. The molecule has 1 unspecified atom stereocenters. The molecule has 7 heteroatoms. The second-order valence-electron chi connectivity index (χ2n) is 6.29. The van der Waals surface area contributed by atoms with Crippen LogP contribution in [0.15, 0.2) is 35.1 Å². The van der Waals surface area contributed by atoms with Crippen LogP contribution in [0.25, 0.3) is 0 Å². The van der Waals surface area contributed by atoms with E-state index in [4.69, 9.17) is 9.15 Å². The third kappa shape index (κ3) is 4.36. The molecule has 1 amide bonds. The molecule has 1 aliphatic heterocycles. The summed E-state index contributed by atoms with van der Waals surface area (Å²) in [4.78, 5) is 23.2. The van der Waals surface area contributed by atoms with E-state index >= 15 is 0 Å². The van der Waals surface area contributed by atoms with Crippen LogP contribution in [0.3, 0.4) is 0 Å². The van der Waals surface area contributed by atoms with Crippen LogP contribution in [0.1, 0.15) is 30.4 Å². The maximum Gasteiger partial charge on any atom is 0.223 e. The predicted octanol–water partition coefficient (Wildman–Crippen LogP) is 2.10. The van der Waals surface area contributed by atoms with E-state index in [9.17, 15) is 4.79 Å². The molecule has 2 aromatic rings. The number of amides is 1. The SMILES string of the molecule is COCC(NC(=O)C1CCN(c2cnccn2)CC1)c1ccc(C)o1. The van der Waals surface area contributed by atoms with Crippen molar-refractivity contribution in [3.8, 4) is 0 Å². The van der Waals surface area contributed by atoms with Gasteiger partial charge in [0.25, 0.3) is 0 Å². The summed E-state index contributed by atoms with van der Waals surface area (Å²) >= 11 is 0. The Balaban J connectivity index is 1.56. The highest BCUT2D eigenvalue weighted by atomic mass is 16.5. The van der Waals surface area contributed by atoms with Crippen molar-refractivity contribution in [2.24, 2.45) is 5.92 Å². The zero-order valence-corrected chi connectivity index (χ0v) is 14.6. The number of methoxy groups -OCH3 is 1. The number of nitrogens with zero attached hydrogens (tertiary/aromatic N) is 3. The molecule has 1 saturated heterocycles. The largest absolute Gasteiger partial charge is 0.464 e. The number of furan rings is 1. The van der Waals surface area contributed by atoms with Gasteiger partial charge in [-0.15, -0.1) is 0 Å². The summed E-state index contributed by atoms with van der Waals surface area (Å²) in [6.45, 7) is 3.87. The van der Waals surface area contributed by atoms with Crippen LogP contribution >= 0.6 is 0 Å². The van der Waals surface area contributed by atoms with E-state index in [-0.39, 0.29) is 17.9 Å². The average molecular weight is 344 g/mol. The summed E-state index contributed by atoms with van der Waals surface area (Å²) in [7, 11) is 1.62. The normalized spacial score (nSPS) is 16.6. The zero-order valence-electron chi connectivity index (χ0n) is 14.6. The number of aryl methyl sites for hydroxylation is 1. The first-order chi connectivity index (χ1) is 12.2. The summed E-state index contributed by atoms with van der Waals surface area (Å²) in [5.41, 5.74) is 0. The maximum atomic E-state index is 12.7. The Kier molecular flexibility index (Phi) is 5.65. The Morgan fingerprint density at radius 3 is 2.80 bits per heavy atom. The van der Waals surface area contributed by atoms with Crippen LogP contribution in [0.2, 0.25) is 0 Å². The highest BCUT2D eigenvalue weighted by molar-refractivity contribution is 5.79. The number of rotatable bonds is 6. The molecule has 0 radical (unpaired) electrons. The van der Waals surface area contributed by atoms with Gasteiger partial charge in [0.05, 0.1) is 12.8 Å². The van der Waals surface area contributed by atoms with E-state index in [1.165, 1.54) is 0 Å². The number of hydrogen-bond donors (Lipinski definition) is 1. The summed E-state index contributed by atoms with van der Waals surface area (Å²) in [5.74, 6) is 2.45. The van der Waals surface area contributed by atoms with Crippen molar-refractivity contribution in [3.05, 3.63) is 42.2 Å². The van der Waals surface area contributed by atoms with Gasteiger partial charge in [0.2, 0.25) is 5.91 Å². The fourth-order valence-corrected chi connectivity index (χ4v) is 3.12. The minimum atomic E-state index is -0.260. The fourth-order valence-electron chi connectivity index (χ4n) is 3.12. The third-order valence-electron chi connectivity index (χ3n) is 4.49. The first-order valence-electron chi connectivity index (χ1n) is 8.54. The smallest absolute Gasteiger partial charge is 0.223 e. The van der Waals surface area contributed by atoms with Gasteiger partial charge in [0.1, 0.15) is 23.4 Å². The van der Waals surface area contributed by atoms with E-state index in [1.54, 1.807) is 25.7 Å². The van der Waals surface area contributed by atoms with Crippen LogP contribution in [0, 0.1) is 12.8 Å². The number of anilines is 1. The molecule has 3 rings (SSSR count). The minimum absolute atomic E-state index is 0.0108. The molecule has 0 aliphatic carbocycles. The topological polar surface area (TPSA) is 80.5 Å². The maximum absolute atomic E-state index is 12.7. The molecule has 25 heavy (non-hydrogen) atoms. The number of carbonyl (C=O) groups excluding carboxylic acids is 1. The Hall–Kier alpha value is -2.41. The van der Waals surface area contributed by atoms with Crippen LogP contribution in [-0.4, -0.2) is 42.7 Å². The van der Waals surface area contributed by atoms with Crippen molar-refractivity contribution in [1.82, 2.24) is 15.3 Å². The minimum Gasteiger partial charge on any atom is -0.464 e. The number of carbonyl (C=O) groups is 1. The highest BCUT2D eigenvalue weighted by Gasteiger charge is 2.28. The quantitative estimate of drug-likeness (QED) is 0.864. The summed E-state index contributed by atoms with van der Waals surface area (Å²) < 4.78 is 10.9. The van der Waals surface area contributed by atoms with Crippen molar-refractivity contribution in [1.29, 1.82) is 0 Å². The van der Waals surface area contributed by atoms with Gasteiger partial charge in [-0.2, -0.15) is 0 Å². The van der Waals surface area contributed by atoms with Crippen LogP contribution in [0.4, 0.5) is 5.82 Å². The van der Waals surface area contributed by atoms with Crippen molar-refractivity contribution >= 4 is 11.7 Å². The summed E-state index contributed by atoms with van der Waals surface area (Å²) in [6.07, 6.45) is 6.69. The second kappa shape index (κ2) is 8.11. The molecule has 1 fully saturated rings.